The van der Waals surface area contributed by atoms with Crippen LogP contribution in [0.15, 0.2) is 53.0 Å². The molecule has 0 aliphatic rings. The summed E-state index contributed by atoms with van der Waals surface area (Å²) in [6.45, 7) is 0. The third-order valence-electron chi connectivity index (χ3n) is 3.42. The summed E-state index contributed by atoms with van der Waals surface area (Å²) in [6.07, 6.45) is 3.19. The van der Waals surface area contributed by atoms with Crippen LogP contribution in [0.25, 0.3) is 0 Å². The summed E-state index contributed by atoms with van der Waals surface area (Å²) < 4.78 is 44.1. The Bertz CT molecular complexity index is 969. The predicted octanol–water partition coefficient (Wildman–Crippen LogP) is 3.34. The third kappa shape index (κ3) is 3.36. The van der Waals surface area contributed by atoms with Gasteiger partial charge in [0.2, 0.25) is 0 Å². The number of aryl methyl sites for hydroxylation is 1. The minimum Gasteiger partial charge on any atom is -0.336 e. The molecule has 1 aromatic carbocycles. The predicted molar refractivity (Wildman–Crippen MR) is 91.1 cm³/mol. The Morgan fingerprint density at radius 1 is 1.29 bits per heavy atom. The molecule has 0 spiro atoms. The molecule has 24 heavy (non-hydrogen) atoms. The van der Waals surface area contributed by atoms with E-state index in [0.29, 0.717) is 10.2 Å². The largest absolute Gasteiger partial charge is 0.336 e. The number of nitrogens with one attached hydrogen (secondary N) is 1. The Labute approximate surface area is 147 Å². The Hall–Kier alpha value is -1.74. The molecule has 2 aromatic heterocycles. The quantitative estimate of drug-likeness (QED) is 0.732. The number of hydrogen-bond acceptors (Lipinski definition) is 4. The highest BCUT2D eigenvalue weighted by Gasteiger charge is 2.28. The van der Waals surface area contributed by atoms with E-state index in [1.165, 1.54) is 30.5 Å². The standard InChI is InChI=1S/C15H13ClFN3O2S2/c1-20-9-8-18-15(20)14(10-4-2-3-5-11(10)17)19-24(21,22)13-7-6-12(16)23-13/h2-9,14,19H,1H3/t14-/m0/s1. The van der Waals surface area contributed by atoms with Gasteiger partial charge in [-0.15, -0.1) is 11.3 Å². The van der Waals surface area contributed by atoms with Gasteiger partial charge in [-0.1, -0.05) is 29.8 Å². The number of sulfonamides is 1. The minimum atomic E-state index is -3.88. The zero-order chi connectivity index (χ0) is 17.3. The molecule has 0 aliphatic carbocycles. The van der Waals surface area contributed by atoms with Crippen molar-refractivity contribution in [3.8, 4) is 0 Å². The van der Waals surface area contributed by atoms with E-state index in [1.807, 2.05) is 0 Å². The molecule has 0 bridgehead atoms. The smallest absolute Gasteiger partial charge is 0.251 e. The van der Waals surface area contributed by atoms with Crippen molar-refractivity contribution >= 4 is 33.0 Å². The molecule has 3 rings (SSSR count). The van der Waals surface area contributed by atoms with E-state index in [-0.39, 0.29) is 9.77 Å². The van der Waals surface area contributed by atoms with Crippen LogP contribution in [0.5, 0.6) is 0 Å². The summed E-state index contributed by atoms with van der Waals surface area (Å²) in [5.41, 5.74) is 0.193. The second kappa shape index (κ2) is 6.64. The molecule has 2 heterocycles. The minimum absolute atomic E-state index is 0.0584. The van der Waals surface area contributed by atoms with Gasteiger partial charge in [-0.05, 0) is 18.2 Å². The van der Waals surface area contributed by atoms with Crippen LogP contribution in [-0.4, -0.2) is 18.0 Å². The van der Waals surface area contributed by atoms with Gasteiger partial charge in [-0.3, -0.25) is 0 Å². The van der Waals surface area contributed by atoms with E-state index in [2.05, 4.69) is 9.71 Å². The lowest BCUT2D eigenvalue weighted by Crippen LogP contribution is -2.31. The fraction of sp³-hybridized carbons (Fsp3) is 0.133. The van der Waals surface area contributed by atoms with E-state index < -0.39 is 21.9 Å². The fourth-order valence-electron chi connectivity index (χ4n) is 2.28. The van der Waals surface area contributed by atoms with Gasteiger partial charge >= 0.3 is 0 Å². The first-order valence-electron chi connectivity index (χ1n) is 6.88. The van der Waals surface area contributed by atoms with E-state index in [4.69, 9.17) is 11.6 Å². The summed E-state index contributed by atoms with van der Waals surface area (Å²) in [5, 5.41) is 0. The Morgan fingerprint density at radius 2 is 2.04 bits per heavy atom. The SMILES string of the molecule is Cn1ccnc1[C@@H](NS(=O)(=O)c1ccc(Cl)s1)c1ccccc1F. The molecule has 0 amide bonds. The molecule has 0 fully saturated rings. The van der Waals surface area contributed by atoms with Crippen molar-refractivity contribution in [1.29, 1.82) is 0 Å². The number of aromatic nitrogens is 2. The van der Waals surface area contributed by atoms with Gasteiger partial charge in [0.1, 0.15) is 21.9 Å². The molecule has 9 heteroatoms. The highest BCUT2D eigenvalue weighted by Crippen LogP contribution is 2.29. The van der Waals surface area contributed by atoms with Crippen molar-refractivity contribution in [2.75, 3.05) is 0 Å². The summed E-state index contributed by atoms with van der Waals surface area (Å²) in [4.78, 5) is 4.16. The lowest BCUT2D eigenvalue weighted by Gasteiger charge is -2.19. The zero-order valence-electron chi connectivity index (χ0n) is 12.5. The molecular weight excluding hydrogens is 373 g/mol. The summed E-state index contributed by atoms with van der Waals surface area (Å²) >= 11 is 6.75. The van der Waals surface area contributed by atoms with E-state index >= 15 is 0 Å². The van der Waals surface area contributed by atoms with Crippen molar-refractivity contribution < 1.29 is 12.8 Å². The fourth-order valence-corrected chi connectivity index (χ4v) is 4.95. The highest BCUT2D eigenvalue weighted by atomic mass is 35.5. The summed E-state index contributed by atoms with van der Waals surface area (Å²) in [5.74, 6) is -0.135. The van der Waals surface area contributed by atoms with Gasteiger partial charge in [0.25, 0.3) is 10.0 Å². The van der Waals surface area contributed by atoms with Crippen molar-refractivity contribution in [2.45, 2.75) is 10.3 Å². The van der Waals surface area contributed by atoms with Crippen molar-refractivity contribution in [1.82, 2.24) is 14.3 Å². The molecule has 1 N–H and O–H groups in total. The van der Waals surface area contributed by atoms with Crippen LogP contribution in [0.2, 0.25) is 4.34 Å². The topological polar surface area (TPSA) is 64.0 Å². The van der Waals surface area contributed by atoms with Crippen molar-refractivity contribution in [3.63, 3.8) is 0 Å². The van der Waals surface area contributed by atoms with Crippen LogP contribution in [-0.2, 0) is 17.1 Å². The van der Waals surface area contributed by atoms with Gasteiger partial charge in [0.05, 0.1) is 4.34 Å². The van der Waals surface area contributed by atoms with Gasteiger partial charge < -0.3 is 4.57 Å². The normalized spacial score (nSPS) is 13.1. The first kappa shape index (κ1) is 17.1. The van der Waals surface area contributed by atoms with Gasteiger partial charge in [0.15, 0.2) is 0 Å². The number of nitrogens with zero attached hydrogens (tertiary/aromatic N) is 2. The van der Waals surface area contributed by atoms with E-state index in [1.54, 1.807) is 29.9 Å². The van der Waals surface area contributed by atoms with Crippen molar-refractivity contribution in [2.24, 2.45) is 7.05 Å². The lowest BCUT2D eigenvalue weighted by atomic mass is 10.1. The van der Waals surface area contributed by atoms with Crippen LogP contribution >= 0.6 is 22.9 Å². The summed E-state index contributed by atoms with van der Waals surface area (Å²) in [7, 11) is -2.17. The average Bonchev–Trinajstić information content (AvgIpc) is 3.15. The maximum atomic E-state index is 14.3. The zero-order valence-corrected chi connectivity index (χ0v) is 14.9. The first-order valence-corrected chi connectivity index (χ1v) is 9.55. The number of halogens is 2. The van der Waals surface area contributed by atoms with E-state index in [0.717, 1.165) is 11.3 Å². The molecular formula is C15H13ClFN3O2S2. The molecule has 0 saturated carbocycles. The second-order valence-electron chi connectivity index (χ2n) is 5.03. The Kier molecular flexibility index (Phi) is 4.73. The Balaban J connectivity index is 2.06. The molecule has 3 aromatic rings. The molecule has 1 atom stereocenters. The number of rotatable bonds is 5. The van der Waals surface area contributed by atoms with E-state index in [9.17, 15) is 12.8 Å². The third-order valence-corrected chi connectivity index (χ3v) is 6.57. The van der Waals surface area contributed by atoms with Crippen LogP contribution in [0.3, 0.4) is 0 Å². The molecule has 0 saturated heterocycles. The highest BCUT2D eigenvalue weighted by molar-refractivity contribution is 7.91. The maximum absolute atomic E-state index is 14.3. The molecule has 126 valence electrons. The molecule has 0 aliphatic heterocycles. The monoisotopic (exact) mass is 385 g/mol. The number of thiophene rings is 1. The number of imidazole rings is 1. The molecule has 0 radical (unpaired) electrons. The molecule has 5 nitrogen and oxygen atoms in total. The van der Waals surface area contributed by atoms with Gasteiger partial charge in [0, 0.05) is 25.0 Å². The number of hydrogen-bond donors (Lipinski definition) is 1. The maximum Gasteiger partial charge on any atom is 0.251 e. The van der Waals surface area contributed by atoms with Gasteiger partial charge in [-0.25, -0.2) is 17.8 Å². The summed E-state index contributed by atoms with van der Waals surface area (Å²) in [6, 6.07) is 7.94. The second-order valence-corrected chi connectivity index (χ2v) is 8.69. The number of benzene rings is 1. The van der Waals surface area contributed by atoms with Crippen LogP contribution < -0.4 is 4.72 Å². The van der Waals surface area contributed by atoms with Crippen LogP contribution in [0.4, 0.5) is 4.39 Å². The van der Waals surface area contributed by atoms with Gasteiger partial charge in [-0.2, -0.15) is 4.72 Å². The molecule has 0 unspecified atom stereocenters. The first-order chi connectivity index (χ1) is 11.4. The average molecular weight is 386 g/mol. The van der Waals surface area contributed by atoms with Crippen molar-refractivity contribution in [3.05, 3.63) is 70.3 Å². The van der Waals surface area contributed by atoms with Crippen LogP contribution in [0, 0.1) is 5.82 Å². The Morgan fingerprint density at radius 3 is 2.62 bits per heavy atom. The van der Waals surface area contributed by atoms with Crippen LogP contribution in [0.1, 0.15) is 17.4 Å². The lowest BCUT2D eigenvalue weighted by molar-refractivity contribution is 0.546.